The molecule has 1 heterocycles. The number of nitrogens with one attached hydrogen (secondary N) is 3. The Labute approximate surface area is 268 Å². The number of hydrogen-bond donors (Lipinski definition) is 5. The van der Waals surface area contributed by atoms with Crippen LogP contribution < -0.4 is 21.1 Å². The standard InChI is InChI=1S/C28H31ClF4N6O3S.CH2O2/c1-15(2)26(34)27(40)38-23-11-17(16-4-3-5-18(10-16)28(31,32)33)6-7-21(23)37-22-13-20(30)24(12-19(22)29)43(41,42)39-25-8-9-35-14-36-25;2-1-3/h3-5,8-10,12-15,17,21,23,26,37H,6-7,11,34H2,1-2H3,(H,38,40)(H,35,36,39);1H,(H,2,3)/t17-,21-,23-,26?;/m0./s1. The van der Waals surface area contributed by atoms with E-state index in [0.29, 0.717) is 18.4 Å². The minimum absolute atomic E-state index is 0.0663. The molecule has 46 heavy (non-hydrogen) atoms. The third-order valence-electron chi connectivity index (χ3n) is 7.36. The van der Waals surface area contributed by atoms with Crippen molar-refractivity contribution < 1.29 is 40.7 Å². The third kappa shape index (κ3) is 9.50. The second-order valence-corrected chi connectivity index (χ2v) is 12.9. The van der Waals surface area contributed by atoms with Crippen molar-refractivity contribution in [2.75, 3.05) is 10.0 Å². The number of nitrogens with two attached hydrogens (primary N) is 1. The summed E-state index contributed by atoms with van der Waals surface area (Å²) in [5.41, 5.74) is 5.84. The molecule has 4 atom stereocenters. The van der Waals surface area contributed by atoms with Gasteiger partial charge in [0, 0.05) is 18.3 Å². The molecule has 2 aromatic carbocycles. The molecule has 0 radical (unpaired) electrons. The van der Waals surface area contributed by atoms with E-state index in [0.717, 1.165) is 30.6 Å². The minimum Gasteiger partial charge on any atom is -0.483 e. The molecule has 3 aromatic rings. The van der Waals surface area contributed by atoms with Crippen LogP contribution in [-0.2, 0) is 25.8 Å². The second-order valence-electron chi connectivity index (χ2n) is 10.8. The first kappa shape index (κ1) is 36.4. The minimum atomic E-state index is -4.50. The number of halogens is 5. The lowest BCUT2D eigenvalue weighted by molar-refractivity contribution is -0.137. The van der Waals surface area contributed by atoms with Gasteiger partial charge in [-0.2, -0.15) is 13.2 Å². The Bertz CT molecular complexity index is 1620. The van der Waals surface area contributed by atoms with Crippen LogP contribution in [0.4, 0.5) is 29.1 Å². The molecule has 4 rings (SSSR count). The van der Waals surface area contributed by atoms with E-state index in [1.54, 1.807) is 19.9 Å². The van der Waals surface area contributed by atoms with Gasteiger partial charge in [0.15, 0.2) is 0 Å². The number of amides is 1. The maximum Gasteiger partial charge on any atom is 0.416 e. The first-order valence-corrected chi connectivity index (χ1v) is 15.8. The molecule has 1 saturated carbocycles. The van der Waals surface area contributed by atoms with Crippen LogP contribution in [0.25, 0.3) is 0 Å². The number of carbonyl (C=O) groups excluding carboxylic acids is 1. The van der Waals surface area contributed by atoms with Gasteiger partial charge in [-0.25, -0.2) is 22.8 Å². The van der Waals surface area contributed by atoms with Gasteiger partial charge >= 0.3 is 6.18 Å². The fourth-order valence-electron chi connectivity index (χ4n) is 4.94. The lowest BCUT2D eigenvalue weighted by Crippen LogP contribution is -2.54. The molecule has 250 valence electrons. The molecule has 0 spiro atoms. The van der Waals surface area contributed by atoms with Crippen LogP contribution in [0.5, 0.6) is 0 Å². The Morgan fingerprint density at radius 1 is 1.15 bits per heavy atom. The summed E-state index contributed by atoms with van der Waals surface area (Å²) in [5, 5.41) is 12.8. The van der Waals surface area contributed by atoms with E-state index in [1.807, 2.05) is 0 Å². The van der Waals surface area contributed by atoms with Crippen molar-refractivity contribution in [3.63, 3.8) is 0 Å². The number of carbonyl (C=O) groups is 2. The van der Waals surface area contributed by atoms with Gasteiger partial charge in [-0.3, -0.25) is 14.3 Å². The molecular weight excluding hydrogens is 656 g/mol. The zero-order valence-electron chi connectivity index (χ0n) is 24.6. The molecule has 0 saturated heterocycles. The van der Waals surface area contributed by atoms with Crippen LogP contribution in [-0.4, -0.2) is 54.0 Å². The summed E-state index contributed by atoms with van der Waals surface area (Å²) in [6, 6.07) is 6.30. The van der Waals surface area contributed by atoms with E-state index in [-0.39, 0.29) is 41.3 Å². The van der Waals surface area contributed by atoms with E-state index in [9.17, 15) is 26.4 Å². The Morgan fingerprint density at radius 3 is 2.46 bits per heavy atom. The molecule has 0 bridgehead atoms. The van der Waals surface area contributed by atoms with Crippen LogP contribution in [0.15, 0.2) is 59.9 Å². The molecule has 1 fully saturated rings. The Balaban J connectivity index is 0.00000185. The predicted octanol–water partition coefficient (Wildman–Crippen LogP) is 5.01. The van der Waals surface area contributed by atoms with E-state index in [4.69, 9.17) is 27.2 Å². The number of sulfonamides is 1. The Kier molecular flexibility index (Phi) is 12.3. The second kappa shape index (κ2) is 15.5. The summed E-state index contributed by atoms with van der Waals surface area (Å²) in [4.78, 5) is 28.0. The monoisotopic (exact) mass is 688 g/mol. The van der Waals surface area contributed by atoms with Gasteiger partial charge in [0.05, 0.1) is 22.3 Å². The first-order chi connectivity index (χ1) is 21.6. The predicted molar refractivity (Wildman–Crippen MR) is 163 cm³/mol. The van der Waals surface area contributed by atoms with Crippen molar-refractivity contribution >= 4 is 45.5 Å². The molecular formula is C29H33ClF4N6O5S. The summed E-state index contributed by atoms with van der Waals surface area (Å²) >= 11 is 6.40. The lowest BCUT2D eigenvalue weighted by atomic mass is 9.78. The Morgan fingerprint density at radius 2 is 1.85 bits per heavy atom. The molecule has 1 aliphatic carbocycles. The summed E-state index contributed by atoms with van der Waals surface area (Å²) < 4.78 is 83.0. The molecule has 11 nitrogen and oxygen atoms in total. The Hall–Kier alpha value is -4.02. The van der Waals surface area contributed by atoms with Crippen LogP contribution in [0.1, 0.15) is 50.2 Å². The number of aromatic nitrogens is 2. The van der Waals surface area contributed by atoms with Crippen molar-refractivity contribution in [3.8, 4) is 0 Å². The van der Waals surface area contributed by atoms with Crippen molar-refractivity contribution in [3.05, 3.63) is 77.0 Å². The number of carboxylic acid groups (broad SMARTS) is 1. The maximum absolute atomic E-state index is 15.2. The number of benzene rings is 2. The maximum atomic E-state index is 15.2. The van der Waals surface area contributed by atoms with Gasteiger partial charge in [0.2, 0.25) is 5.91 Å². The number of anilines is 2. The fourth-order valence-corrected chi connectivity index (χ4v) is 6.32. The molecule has 1 aliphatic rings. The molecule has 1 amide bonds. The van der Waals surface area contributed by atoms with E-state index < -0.39 is 56.5 Å². The van der Waals surface area contributed by atoms with Crippen LogP contribution in [0.3, 0.4) is 0 Å². The molecule has 1 unspecified atom stereocenters. The summed E-state index contributed by atoms with van der Waals surface area (Å²) in [6.07, 6.45) is -0.972. The largest absolute Gasteiger partial charge is 0.483 e. The molecule has 17 heteroatoms. The van der Waals surface area contributed by atoms with Gasteiger partial charge in [-0.05, 0) is 60.9 Å². The average molecular weight is 689 g/mol. The number of rotatable bonds is 9. The number of nitrogens with zero attached hydrogens (tertiary/aromatic N) is 2. The van der Waals surface area contributed by atoms with Crippen molar-refractivity contribution in [1.29, 1.82) is 0 Å². The van der Waals surface area contributed by atoms with E-state index >= 15 is 4.39 Å². The van der Waals surface area contributed by atoms with Gasteiger partial charge in [0.1, 0.15) is 22.9 Å². The third-order valence-corrected chi connectivity index (χ3v) is 9.04. The summed E-state index contributed by atoms with van der Waals surface area (Å²) in [6.45, 7) is 3.31. The highest BCUT2D eigenvalue weighted by Crippen LogP contribution is 2.38. The summed E-state index contributed by atoms with van der Waals surface area (Å²) in [7, 11) is -4.39. The smallest absolute Gasteiger partial charge is 0.416 e. The van der Waals surface area contributed by atoms with Crippen molar-refractivity contribution in [2.45, 2.75) is 68.2 Å². The van der Waals surface area contributed by atoms with Crippen LogP contribution >= 0.6 is 11.6 Å². The summed E-state index contributed by atoms with van der Waals surface area (Å²) in [5.74, 6) is -2.08. The lowest BCUT2D eigenvalue weighted by Gasteiger charge is -2.38. The number of alkyl halides is 3. The highest BCUT2D eigenvalue weighted by Gasteiger charge is 2.36. The van der Waals surface area contributed by atoms with Crippen LogP contribution in [0.2, 0.25) is 5.02 Å². The normalized spacial score (nSPS) is 18.9. The van der Waals surface area contributed by atoms with Gasteiger partial charge in [-0.1, -0.05) is 43.6 Å². The van der Waals surface area contributed by atoms with Gasteiger partial charge in [-0.15, -0.1) is 0 Å². The van der Waals surface area contributed by atoms with Crippen molar-refractivity contribution in [1.82, 2.24) is 15.3 Å². The number of hydrogen-bond acceptors (Lipinski definition) is 8. The highest BCUT2D eigenvalue weighted by molar-refractivity contribution is 7.92. The van der Waals surface area contributed by atoms with Gasteiger partial charge < -0.3 is 21.5 Å². The average Bonchev–Trinajstić information content (AvgIpc) is 2.99. The molecule has 1 aromatic heterocycles. The van der Waals surface area contributed by atoms with E-state index in [1.165, 1.54) is 18.3 Å². The highest BCUT2D eigenvalue weighted by atomic mass is 35.5. The van der Waals surface area contributed by atoms with E-state index in [2.05, 4.69) is 25.3 Å². The molecule has 0 aliphatic heterocycles. The zero-order valence-corrected chi connectivity index (χ0v) is 26.2. The van der Waals surface area contributed by atoms with Crippen molar-refractivity contribution in [2.24, 2.45) is 11.7 Å². The van der Waals surface area contributed by atoms with Gasteiger partial charge in [0.25, 0.3) is 16.5 Å². The fraction of sp³-hybridized carbons (Fsp3) is 0.379. The topological polar surface area (TPSA) is 176 Å². The SMILES string of the molecule is CC(C)C(N)C(=O)N[C@H]1C[C@@H](c2cccc(C(F)(F)F)c2)CC[C@@H]1Nc1cc(F)c(S(=O)(=O)Nc2ccncn2)cc1Cl.O=CO. The quantitative estimate of drug-likeness (QED) is 0.153. The first-order valence-electron chi connectivity index (χ1n) is 13.9. The zero-order chi connectivity index (χ0) is 34.2. The molecule has 6 N–H and O–H groups in total. The van der Waals surface area contributed by atoms with Crippen LogP contribution in [0, 0.1) is 11.7 Å².